The Morgan fingerprint density at radius 1 is 1.32 bits per heavy atom. The fourth-order valence-corrected chi connectivity index (χ4v) is 2.71. The van der Waals surface area contributed by atoms with Gasteiger partial charge in [-0.15, -0.1) is 0 Å². The first-order chi connectivity index (χ1) is 10.7. The molecule has 1 heterocycles. The van der Waals surface area contributed by atoms with E-state index in [2.05, 4.69) is 10.4 Å². The van der Waals surface area contributed by atoms with Crippen molar-refractivity contribution in [3.63, 3.8) is 0 Å². The van der Waals surface area contributed by atoms with Crippen LogP contribution >= 0.6 is 11.8 Å². The number of aliphatic hydroxyl groups excluding tert-OH is 1. The Hall–Kier alpha value is -1.79. The Morgan fingerprint density at radius 3 is 2.73 bits per heavy atom. The predicted molar refractivity (Wildman–Crippen MR) is 89.7 cm³/mol. The van der Waals surface area contributed by atoms with Crippen molar-refractivity contribution in [3.05, 3.63) is 47.8 Å². The van der Waals surface area contributed by atoms with Crippen molar-refractivity contribution in [2.24, 2.45) is 0 Å². The number of carbonyl (C=O) groups is 1. The Balaban J connectivity index is 1.81. The summed E-state index contributed by atoms with van der Waals surface area (Å²) in [5.41, 5.74) is 2.68. The number of nitrogens with one attached hydrogen (secondary N) is 1. The fourth-order valence-electron chi connectivity index (χ4n) is 1.93. The lowest BCUT2D eigenvalue weighted by atomic mass is 10.2. The smallest absolute Gasteiger partial charge is 0.251 e. The molecule has 118 valence electrons. The van der Waals surface area contributed by atoms with Crippen LogP contribution in [0.5, 0.6) is 0 Å². The minimum absolute atomic E-state index is 0.0639. The first-order valence-corrected chi connectivity index (χ1v) is 8.44. The molecule has 22 heavy (non-hydrogen) atoms. The monoisotopic (exact) mass is 319 g/mol. The van der Waals surface area contributed by atoms with E-state index in [0.717, 1.165) is 29.2 Å². The van der Waals surface area contributed by atoms with Gasteiger partial charge in [0.25, 0.3) is 5.91 Å². The molecule has 0 saturated heterocycles. The van der Waals surface area contributed by atoms with E-state index in [1.54, 1.807) is 34.8 Å². The number of hydrogen-bond acceptors (Lipinski definition) is 4. The molecule has 1 aromatic heterocycles. The summed E-state index contributed by atoms with van der Waals surface area (Å²) in [6, 6.07) is 7.38. The minimum atomic E-state index is -0.0639. The zero-order chi connectivity index (χ0) is 15.8. The second-order valence-electron chi connectivity index (χ2n) is 4.95. The maximum Gasteiger partial charge on any atom is 0.251 e. The topological polar surface area (TPSA) is 67.2 Å². The fraction of sp³-hybridized carbons (Fsp3) is 0.375. The molecule has 0 fully saturated rings. The normalized spacial score (nSPS) is 10.6. The number of nitrogens with zero attached hydrogens (tertiary/aromatic N) is 2. The van der Waals surface area contributed by atoms with Crippen LogP contribution < -0.4 is 5.32 Å². The molecule has 5 nitrogen and oxygen atoms in total. The molecular weight excluding hydrogens is 298 g/mol. The molecule has 2 N–H and O–H groups in total. The molecule has 2 aromatic rings. The van der Waals surface area contributed by atoms with E-state index in [9.17, 15) is 4.79 Å². The van der Waals surface area contributed by atoms with Gasteiger partial charge < -0.3 is 10.4 Å². The third kappa shape index (κ3) is 4.89. The lowest BCUT2D eigenvalue weighted by Crippen LogP contribution is -2.25. The van der Waals surface area contributed by atoms with Crippen LogP contribution in [0.3, 0.4) is 0 Å². The molecule has 0 atom stereocenters. The lowest BCUT2D eigenvalue weighted by Gasteiger charge is -2.06. The summed E-state index contributed by atoms with van der Waals surface area (Å²) >= 11 is 1.73. The van der Waals surface area contributed by atoms with Gasteiger partial charge in [0.05, 0.1) is 11.9 Å². The van der Waals surface area contributed by atoms with Crippen molar-refractivity contribution in [3.8, 4) is 5.69 Å². The van der Waals surface area contributed by atoms with Gasteiger partial charge in [-0.3, -0.25) is 4.79 Å². The SMILES string of the molecule is Cc1cnn(-c2ccc(C(=O)NCCSCCCO)cc2)c1. The number of aliphatic hydroxyl groups is 1. The van der Waals surface area contributed by atoms with Crippen LogP contribution in [0.4, 0.5) is 0 Å². The van der Waals surface area contributed by atoms with Crippen LogP contribution in [0.2, 0.25) is 0 Å². The molecule has 6 heteroatoms. The number of thioether (sulfide) groups is 1. The number of amides is 1. The van der Waals surface area contributed by atoms with Crippen molar-refractivity contribution in [2.75, 3.05) is 24.7 Å². The number of hydrogen-bond donors (Lipinski definition) is 2. The summed E-state index contributed by atoms with van der Waals surface area (Å²) in [5.74, 6) is 1.71. The standard InChI is InChI=1S/C16H21N3O2S/c1-13-11-18-19(12-13)15-5-3-14(4-6-15)16(21)17-7-10-22-9-2-8-20/h3-6,11-12,20H,2,7-10H2,1H3,(H,17,21). The summed E-state index contributed by atoms with van der Waals surface area (Å²) in [6.07, 6.45) is 4.54. The maximum absolute atomic E-state index is 12.0. The van der Waals surface area contributed by atoms with Crippen LogP contribution in [0, 0.1) is 6.92 Å². The summed E-state index contributed by atoms with van der Waals surface area (Å²) in [6.45, 7) is 2.85. The number of carbonyl (C=O) groups excluding carboxylic acids is 1. The number of rotatable bonds is 8. The minimum Gasteiger partial charge on any atom is -0.396 e. The predicted octanol–water partition coefficient (Wildman–Crippen LogP) is 2.03. The van der Waals surface area contributed by atoms with Gasteiger partial charge in [0.2, 0.25) is 0 Å². The Kier molecular flexibility index (Phi) is 6.48. The highest BCUT2D eigenvalue weighted by atomic mass is 32.2. The molecule has 2 rings (SSSR count). The summed E-state index contributed by atoms with van der Waals surface area (Å²) in [5, 5.41) is 15.8. The van der Waals surface area contributed by atoms with E-state index in [1.165, 1.54) is 0 Å². The first kappa shape index (κ1) is 16.6. The Bertz CT molecular complexity index is 596. The molecule has 0 radical (unpaired) electrons. The second-order valence-corrected chi connectivity index (χ2v) is 6.18. The number of benzene rings is 1. The number of aryl methyl sites for hydroxylation is 1. The molecular formula is C16H21N3O2S. The molecule has 0 aliphatic rings. The average Bonchev–Trinajstić information content (AvgIpc) is 2.97. The molecule has 0 bridgehead atoms. The van der Waals surface area contributed by atoms with Gasteiger partial charge in [0.1, 0.15) is 0 Å². The largest absolute Gasteiger partial charge is 0.396 e. The second kappa shape index (κ2) is 8.60. The summed E-state index contributed by atoms with van der Waals surface area (Å²) in [4.78, 5) is 12.0. The van der Waals surface area contributed by atoms with Crippen molar-refractivity contribution in [2.45, 2.75) is 13.3 Å². The highest BCUT2D eigenvalue weighted by Gasteiger charge is 2.05. The van der Waals surface area contributed by atoms with Gasteiger partial charge in [-0.2, -0.15) is 16.9 Å². The van der Waals surface area contributed by atoms with E-state index >= 15 is 0 Å². The van der Waals surface area contributed by atoms with E-state index in [0.29, 0.717) is 12.1 Å². The molecule has 1 aromatic carbocycles. The number of aromatic nitrogens is 2. The highest BCUT2D eigenvalue weighted by Crippen LogP contribution is 2.10. The van der Waals surface area contributed by atoms with Crippen LogP contribution in [0.25, 0.3) is 5.69 Å². The Labute approximate surface area is 134 Å². The van der Waals surface area contributed by atoms with Gasteiger partial charge in [-0.25, -0.2) is 4.68 Å². The molecule has 0 saturated carbocycles. The first-order valence-electron chi connectivity index (χ1n) is 7.29. The van der Waals surface area contributed by atoms with Gasteiger partial charge in [-0.05, 0) is 48.9 Å². The summed E-state index contributed by atoms with van der Waals surface area (Å²) < 4.78 is 1.79. The summed E-state index contributed by atoms with van der Waals surface area (Å²) in [7, 11) is 0. The van der Waals surface area contributed by atoms with E-state index in [-0.39, 0.29) is 12.5 Å². The van der Waals surface area contributed by atoms with Crippen molar-refractivity contribution in [1.82, 2.24) is 15.1 Å². The van der Waals surface area contributed by atoms with Crippen LogP contribution in [-0.2, 0) is 0 Å². The van der Waals surface area contributed by atoms with E-state index in [4.69, 9.17) is 5.11 Å². The zero-order valence-corrected chi connectivity index (χ0v) is 13.5. The third-order valence-electron chi connectivity index (χ3n) is 3.08. The van der Waals surface area contributed by atoms with Crippen molar-refractivity contribution >= 4 is 17.7 Å². The highest BCUT2D eigenvalue weighted by molar-refractivity contribution is 7.99. The van der Waals surface area contributed by atoms with Crippen LogP contribution in [0.15, 0.2) is 36.7 Å². The third-order valence-corrected chi connectivity index (χ3v) is 4.15. The molecule has 0 spiro atoms. The molecule has 1 amide bonds. The molecule has 0 aliphatic carbocycles. The molecule has 0 unspecified atom stereocenters. The maximum atomic E-state index is 12.0. The van der Waals surface area contributed by atoms with Crippen LogP contribution in [0.1, 0.15) is 22.3 Å². The quantitative estimate of drug-likeness (QED) is 0.731. The van der Waals surface area contributed by atoms with Gasteiger partial charge in [-0.1, -0.05) is 0 Å². The van der Waals surface area contributed by atoms with Crippen molar-refractivity contribution < 1.29 is 9.90 Å². The van der Waals surface area contributed by atoms with E-state index < -0.39 is 0 Å². The van der Waals surface area contributed by atoms with E-state index in [1.807, 2.05) is 25.3 Å². The average molecular weight is 319 g/mol. The van der Waals surface area contributed by atoms with Gasteiger partial charge in [0, 0.05) is 30.7 Å². The van der Waals surface area contributed by atoms with Crippen LogP contribution in [-0.4, -0.2) is 45.5 Å². The lowest BCUT2D eigenvalue weighted by molar-refractivity contribution is 0.0956. The van der Waals surface area contributed by atoms with Gasteiger partial charge >= 0.3 is 0 Å². The van der Waals surface area contributed by atoms with Gasteiger partial charge in [0.15, 0.2) is 0 Å². The van der Waals surface area contributed by atoms with Crippen molar-refractivity contribution in [1.29, 1.82) is 0 Å². The molecule has 0 aliphatic heterocycles. The zero-order valence-electron chi connectivity index (χ0n) is 12.7. The Morgan fingerprint density at radius 2 is 2.09 bits per heavy atom.